The number of hydrogen-bond acceptors (Lipinski definition) is 1. The Balaban J connectivity index is 2.36. The van der Waals surface area contributed by atoms with Gasteiger partial charge in [-0.25, -0.2) is 13.2 Å². The highest BCUT2D eigenvalue weighted by molar-refractivity contribution is 5.42. The molecule has 1 nitrogen and oxygen atoms in total. The molecule has 1 unspecified atom stereocenters. The number of alkyl halides is 5. The van der Waals surface area contributed by atoms with Crippen molar-refractivity contribution in [2.45, 2.75) is 51.3 Å². The minimum absolute atomic E-state index is 0.0133. The number of ether oxygens (including phenoxy) is 1. The van der Waals surface area contributed by atoms with Crippen LogP contribution >= 0.6 is 0 Å². The van der Waals surface area contributed by atoms with Gasteiger partial charge in [-0.2, -0.15) is 0 Å². The topological polar surface area (TPSA) is 9.23 Å². The van der Waals surface area contributed by atoms with Crippen LogP contribution in [0.1, 0.15) is 43.2 Å². The number of rotatable bonds is 2. The van der Waals surface area contributed by atoms with Gasteiger partial charge in [0.15, 0.2) is 0 Å². The first kappa shape index (κ1) is 17.0. The van der Waals surface area contributed by atoms with E-state index >= 15 is 0 Å². The molecule has 0 amide bonds. The van der Waals surface area contributed by atoms with Crippen LogP contribution in [0.3, 0.4) is 0 Å². The average Bonchev–Trinajstić information content (AvgIpc) is 2.33. The molecule has 1 fully saturated rings. The van der Waals surface area contributed by atoms with Crippen LogP contribution in [-0.4, -0.2) is 12.3 Å². The van der Waals surface area contributed by atoms with Crippen LogP contribution in [-0.2, 0) is 0 Å². The fourth-order valence-corrected chi connectivity index (χ4v) is 3.16. The van der Waals surface area contributed by atoms with Gasteiger partial charge in [-0.15, -0.1) is 13.2 Å². The molecule has 0 saturated heterocycles. The predicted molar refractivity (Wildman–Crippen MR) is 68.5 cm³/mol. The molecule has 0 radical (unpaired) electrons. The van der Waals surface area contributed by atoms with E-state index in [2.05, 4.69) is 4.74 Å². The summed E-state index contributed by atoms with van der Waals surface area (Å²) < 4.78 is 81.8. The van der Waals surface area contributed by atoms with Crippen molar-refractivity contribution in [2.75, 3.05) is 0 Å². The standard InChI is InChI=1S/C15H16F6O/c1-8-7-14(17,18)6-5-10(8)13-9(2)12(4-3-11(13)16)22-15(19,20)21/h3-4,8,10H,5-7H2,1-2H3/t8?,10-/m1/s1. The number of benzene rings is 1. The van der Waals surface area contributed by atoms with E-state index in [-0.39, 0.29) is 17.5 Å². The van der Waals surface area contributed by atoms with Crippen molar-refractivity contribution in [2.24, 2.45) is 5.92 Å². The zero-order valence-electron chi connectivity index (χ0n) is 12.1. The molecule has 7 heteroatoms. The third-order valence-corrected chi connectivity index (χ3v) is 4.14. The van der Waals surface area contributed by atoms with Crippen LogP contribution in [0.15, 0.2) is 12.1 Å². The summed E-state index contributed by atoms with van der Waals surface area (Å²) in [5.74, 6) is -5.06. The van der Waals surface area contributed by atoms with Crippen molar-refractivity contribution in [1.82, 2.24) is 0 Å². The van der Waals surface area contributed by atoms with E-state index < -0.39 is 48.5 Å². The second-order valence-corrected chi connectivity index (χ2v) is 5.81. The minimum atomic E-state index is -4.88. The molecule has 2 atom stereocenters. The van der Waals surface area contributed by atoms with Gasteiger partial charge in [-0.3, -0.25) is 0 Å². The van der Waals surface area contributed by atoms with Crippen LogP contribution in [0, 0.1) is 18.7 Å². The SMILES string of the molecule is Cc1c(OC(F)(F)F)ccc(F)c1[C@@H]1CCC(F)(F)CC1C. The van der Waals surface area contributed by atoms with Gasteiger partial charge in [0.05, 0.1) is 0 Å². The molecule has 0 spiro atoms. The van der Waals surface area contributed by atoms with Gasteiger partial charge in [-0.05, 0) is 48.4 Å². The zero-order valence-corrected chi connectivity index (χ0v) is 12.1. The van der Waals surface area contributed by atoms with Gasteiger partial charge in [0.25, 0.3) is 0 Å². The monoisotopic (exact) mass is 326 g/mol. The molecule has 124 valence electrons. The predicted octanol–water partition coefficient (Wildman–Crippen LogP) is 5.57. The molecule has 1 aliphatic rings. The summed E-state index contributed by atoms with van der Waals surface area (Å²) in [7, 11) is 0. The highest BCUT2D eigenvalue weighted by Gasteiger charge is 2.41. The molecule has 1 aromatic rings. The minimum Gasteiger partial charge on any atom is -0.406 e. The fourth-order valence-electron chi connectivity index (χ4n) is 3.16. The van der Waals surface area contributed by atoms with Gasteiger partial charge in [-0.1, -0.05) is 6.92 Å². The zero-order chi connectivity index (χ0) is 16.7. The maximum atomic E-state index is 14.1. The summed E-state index contributed by atoms with van der Waals surface area (Å²) in [5.41, 5.74) is 0.0594. The lowest BCUT2D eigenvalue weighted by atomic mass is 9.73. The van der Waals surface area contributed by atoms with E-state index in [1.165, 1.54) is 6.92 Å². The Morgan fingerprint density at radius 1 is 1.23 bits per heavy atom. The number of halogens is 6. The lowest BCUT2D eigenvalue weighted by Gasteiger charge is -2.35. The molecular weight excluding hydrogens is 310 g/mol. The first-order valence-electron chi connectivity index (χ1n) is 6.93. The van der Waals surface area contributed by atoms with E-state index in [0.717, 1.165) is 12.1 Å². The van der Waals surface area contributed by atoms with Crippen molar-refractivity contribution >= 4 is 0 Å². The van der Waals surface area contributed by atoms with Crippen molar-refractivity contribution in [1.29, 1.82) is 0 Å². The highest BCUT2D eigenvalue weighted by Crippen LogP contribution is 2.47. The fraction of sp³-hybridized carbons (Fsp3) is 0.600. The third kappa shape index (κ3) is 3.67. The molecule has 1 aliphatic carbocycles. The first-order chi connectivity index (χ1) is 10.0. The van der Waals surface area contributed by atoms with Crippen LogP contribution in [0.5, 0.6) is 5.75 Å². The lowest BCUT2D eigenvalue weighted by Crippen LogP contribution is -2.30. The quantitative estimate of drug-likeness (QED) is 0.645. The average molecular weight is 326 g/mol. The highest BCUT2D eigenvalue weighted by atomic mass is 19.4. The summed E-state index contributed by atoms with van der Waals surface area (Å²) in [6.07, 6.45) is -5.65. The molecule has 2 rings (SSSR count). The molecule has 0 bridgehead atoms. The molecule has 1 aromatic carbocycles. The summed E-state index contributed by atoms with van der Waals surface area (Å²) >= 11 is 0. The maximum absolute atomic E-state index is 14.1. The Morgan fingerprint density at radius 2 is 1.86 bits per heavy atom. The van der Waals surface area contributed by atoms with Gasteiger partial charge in [0, 0.05) is 12.8 Å². The molecule has 0 heterocycles. The molecule has 0 aliphatic heterocycles. The Labute approximate surface area is 124 Å². The second-order valence-electron chi connectivity index (χ2n) is 5.81. The maximum Gasteiger partial charge on any atom is 0.573 e. The first-order valence-corrected chi connectivity index (χ1v) is 6.93. The summed E-state index contributed by atoms with van der Waals surface area (Å²) in [6.45, 7) is 2.88. The van der Waals surface area contributed by atoms with Gasteiger partial charge < -0.3 is 4.74 Å². The van der Waals surface area contributed by atoms with Gasteiger partial charge in [0.2, 0.25) is 5.92 Å². The number of hydrogen-bond donors (Lipinski definition) is 0. The van der Waals surface area contributed by atoms with Crippen LogP contribution in [0.4, 0.5) is 26.3 Å². The third-order valence-electron chi connectivity index (χ3n) is 4.14. The van der Waals surface area contributed by atoms with Crippen LogP contribution in [0.25, 0.3) is 0 Å². The van der Waals surface area contributed by atoms with Gasteiger partial charge in [0.1, 0.15) is 11.6 Å². The van der Waals surface area contributed by atoms with Crippen molar-refractivity contribution in [3.05, 3.63) is 29.1 Å². The van der Waals surface area contributed by atoms with E-state index in [0.29, 0.717) is 0 Å². The van der Waals surface area contributed by atoms with Crippen LogP contribution < -0.4 is 4.74 Å². The smallest absolute Gasteiger partial charge is 0.406 e. The van der Waals surface area contributed by atoms with E-state index in [4.69, 9.17) is 0 Å². The van der Waals surface area contributed by atoms with Crippen LogP contribution in [0.2, 0.25) is 0 Å². The Morgan fingerprint density at radius 3 is 2.41 bits per heavy atom. The van der Waals surface area contributed by atoms with Crippen molar-refractivity contribution in [3.8, 4) is 5.75 Å². The Kier molecular flexibility index (Phi) is 4.37. The molecular formula is C15H16F6O. The van der Waals surface area contributed by atoms with Gasteiger partial charge >= 0.3 is 6.36 Å². The summed E-state index contributed by atoms with van der Waals surface area (Å²) in [4.78, 5) is 0. The van der Waals surface area contributed by atoms with Crippen molar-refractivity contribution in [3.63, 3.8) is 0 Å². The Bertz CT molecular complexity index is 552. The summed E-state index contributed by atoms with van der Waals surface area (Å²) in [6, 6.07) is 1.80. The molecule has 0 aromatic heterocycles. The van der Waals surface area contributed by atoms with Crippen molar-refractivity contribution < 1.29 is 31.1 Å². The van der Waals surface area contributed by atoms with E-state index in [9.17, 15) is 26.3 Å². The molecule has 22 heavy (non-hydrogen) atoms. The summed E-state index contributed by atoms with van der Waals surface area (Å²) in [5, 5.41) is 0. The second kappa shape index (κ2) is 5.66. The molecule has 0 N–H and O–H groups in total. The molecule has 1 saturated carbocycles. The Hall–Kier alpha value is -1.40. The van der Waals surface area contributed by atoms with E-state index in [1.54, 1.807) is 6.92 Å². The lowest BCUT2D eigenvalue weighted by molar-refractivity contribution is -0.274. The normalized spacial score (nSPS) is 25.1. The largest absolute Gasteiger partial charge is 0.573 e. The van der Waals surface area contributed by atoms with E-state index in [1.807, 2.05) is 0 Å².